The van der Waals surface area contributed by atoms with Crippen molar-refractivity contribution in [3.8, 4) is 44.9 Å². The fourth-order valence-corrected chi connectivity index (χ4v) is 9.02. The number of carboxylic acid groups (broad SMARTS) is 3. The third-order valence-corrected chi connectivity index (χ3v) is 13.2. The number of anilines is 3. The number of rotatable bonds is 17. The van der Waals surface area contributed by atoms with Crippen molar-refractivity contribution < 1.29 is 79.9 Å². The van der Waals surface area contributed by atoms with Crippen molar-refractivity contribution >= 4 is 63.6 Å². The Morgan fingerprint density at radius 2 is 0.888 bits per heavy atom. The molecule has 0 radical (unpaired) electrons. The molecule has 23 heteroatoms. The number of hydrogen-bond donors (Lipinski definition) is 7. The van der Waals surface area contributed by atoms with E-state index in [-0.39, 0.29) is 38.9 Å². The first-order valence-corrected chi connectivity index (χ1v) is 26.9. The quantitative estimate of drug-likeness (QED) is 0.0419. The Morgan fingerprint density at radius 3 is 1.35 bits per heavy atom. The number of pyridine rings is 2. The van der Waals surface area contributed by atoms with Crippen molar-refractivity contribution in [3.63, 3.8) is 0 Å². The molecule has 3 heterocycles. The highest BCUT2D eigenvalue weighted by atomic mass is 19.2. The Hall–Kier alpha value is -11.6. The minimum atomic E-state index is -1.38. The molecule has 0 aliphatic heterocycles. The van der Waals surface area contributed by atoms with Crippen LogP contribution < -0.4 is 25.4 Å². The Morgan fingerprint density at radius 1 is 0.449 bits per heavy atom. The van der Waals surface area contributed by atoms with Gasteiger partial charge < -0.3 is 45.7 Å². The fourth-order valence-electron chi connectivity index (χ4n) is 9.02. The van der Waals surface area contributed by atoms with Crippen LogP contribution in [0.25, 0.3) is 44.3 Å². The van der Waals surface area contributed by atoms with Crippen LogP contribution in [0.2, 0.25) is 0 Å². The molecule has 0 fully saturated rings. The average molecular weight is 1220 g/mol. The first-order chi connectivity index (χ1) is 42.7. The Balaban J connectivity index is 0.000000173. The first-order valence-electron chi connectivity index (χ1n) is 26.9. The molecule has 0 unspecified atom stereocenters. The highest BCUT2D eigenvalue weighted by Crippen LogP contribution is 2.34. The van der Waals surface area contributed by atoms with Crippen LogP contribution in [0.5, 0.6) is 11.5 Å². The fraction of sp³-hybridized carbons (Fsp3) is 0.0909. The molecule has 3 aromatic heterocycles. The second-order valence-electron chi connectivity index (χ2n) is 18.9. The maximum atomic E-state index is 14.8. The van der Waals surface area contributed by atoms with Gasteiger partial charge in [0.25, 0.3) is 17.7 Å². The number of hydrogen-bond acceptors (Lipinski definition) is 10. The van der Waals surface area contributed by atoms with E-state index < -0.39 is 93.3 Å². The lowest BCUT2D eigenvalue weighted by Gasteiger charge is -2.12. The second-order valence-corrected chi connectivity index (χ2v) is 18.9. The van der Waals surface area contributed by atoms with Gasteiger partial charge in [0.15, 0.2) is 0 Å². The zero-order chi connectivity index (χ0) is 64.1. The minimum Gasteiger partial charge on any atom is -0.494 e. The molecule has 3 amide bonds. The van der Waals surface area contributed by atoms with Crippen molar-refractivity contribution in [1.82, 2.24) is 15.0 Å². The predicted octanol–water partition coefficient (Wildman–Crippen LogP) is 14.4. The smallest absolute Gasteiger partial charge is 0.338 e. The lowest BCUT2D eigenvalue weighted by molar-refractivity contribution is 0.0683. The molecule has 0 bridgehead atoms. The molecule has 0 aliphatic rings. The van der Waals surface area contributed by atoms with E-state index >= 15 is 0 Å². The summed E-state index contributed by atoms with van der Waals surface area (Å²) >= 11 is 0. The molecule has 7 aromatic carbocycles. The zero-order valence-corrected chi connectivity index (χ0v) is 47.1. The van der Waals surface area contributed by atoms with E-state index in [9.17, 15) is 60.2 Å². The van der Waals surface area contributed by atoms with E-state index in [1.165, 1.54) is 48.8 Å². The lowest BCUT2D eigenvalue weighted by Crippen LogP contribution is -2.19. The number of nitrogens with one attached hydrogen (secondary N) is 4. The Bertz CT molecular complexity index is 4130. The van der Waals surface area contributed by atoms with Gasteiger partial charge in [-0.05, 0) is 162 Å². The highest BCUT2D eigenvalue weighted by Gasteiger charge is 2.25. The number of amides is 3. The lowest BCUT2D eigenvalue weighted by atomic mass is 10.0. The van der Waals surface area contributed by atoms with Gasteiger partial charge in [0.1, 0.15) is 69.2 Å². The summed E-state index contributed by atoms with van der Waals surface area (Å²) in [6.45, 7) is 6.56. The third-order valence-electron chi connectivity index (χ3n) is 13.2. The summed E-state index contributed by atoms with van der Waals surface area (Å²) in [5.74, 6) is -11.8. The van der Waals surface area contributed by atoms with Crippen molar-refractivity contribution in [2.24, 2.45) is 0 Å². The number of ether oxygens (including phenoxy) is 2. The topological polar surface area (TPSA) is 259 Å². The van der Waals surface area contributed by atoms with Gasteiger partial charge in [0.05, 0.1) is 41.0 Å². The van der Waals surface area contributed by atoms with Gasteiger partial charge in [-0.3, -0.25) is 24.4 Å². The van der Waals surface area contributed by atoms with Crippen LogP contribution >= 0.6 is 0 Å². The minimum absolute atomic E-state index is 0.192. The molecule has 0 atom stereocenters. The van der Waals surface area contributed by atoms with Gasteiger partial charge in [-0.25, -0.2) is 40.7 Å². The van der Waals surface area contributed by atoms with Crippen molar-refractivity contribution in [2.75, 3.05) is 29.2 Å². The second kappa shape index (κ2) is 28.5. The Kier molecular flexibility index (Phi) is 20.3. The first kappa shape index (κ1) is 63.4. The number of nitrogens with zero attached hydrogens (tertiary/aromatic N) is 2. The number of fused-ring (bicyclic) bond motifs is 1. The van der Waals surface area contributed by atoms with Crippen molar-refractivity contribution in [2.45, 2.75) is 27.2 Å². The summed E-state index contributed by atoms with van der Waals surface area (Å²) in [7, 11) is 0. The summed E-state index contributed by atoms with van der Waals surface area (Å²) in [5.41, 5.74) is 0.639. The summed E-state index contributed by atoms with van der Waals surface area (Å²) in [5, 5.41) is 34.8. The number of aromatic carboxylic acids is 3. The summed E-state index contributed by atoms with van der Waals surface area (Å²) in [6, 6.07) is 34.6. The number of benzene rings is 7. The molecule has 0 saturated heterocycles. The maximum absolute atomic E-state index is 14.8. The molecule has 0 saturated carbocycles. The van der Waals surface area contributed by atoms with Gasteiger partial charge in [-0.2, -0.15) is 0 Å². The van der Waals surface area contributed by atoms with E-state index in [2.05, 4.69) is 30.9 Å². The number of H-pyrrole nitrogens is 1. The predicted molar refractivity (Wildman–Crippen MR) is 319 cm³/mol. The van der Waals surface area contributed by atoms with Crippen molar-refractivity contribution in [1.29, 1.82) is 0 Å². The van der Waals surface area contributed by atoms with Gasteiger partial charge in [-0.1, -0.05) is 49.4 Å². The number of aryl methyl sites for hydroxylation is 1. The largest absolute Gasteiger partial charge is 0.494 e. The van der Waals surface area contributed by atoms with Crippen LogP contribution in [0.1, 0.15) is 88.6 Å². The van der Waals surface area contributed by atoms with Gasteiger partial charge >= 0.3 is 17.9 Å². The summed E-state index contributed by atoms with van der Waals surface area (Å²) in [6.07, 6.45) is 6.13. The number of halogens is 6. The normalized spacial score (nSPS) is 10.6. The SMILES string of the molecule is CCOc1cccc(-c2cc(F)c(NC(=O)c3ccncc3C(=O)O)c(F)c2)c1.CCOc1cccc(-c2cc(F)c(NC(=O)c3ncccc3C(=O)O)c(F)c2)c1.CCc1c[nH]c2ccc(-c3cc(F)c(NC(=O)c4ccccc4C(=O)O)c(F)c3)cc12. The molecular formula is C66H50F6N6O11. The number of aromatic amines is 1. The molecule has 10 rings (SSSR count). The van der Waals surface area contributed by atoms with Crippen LogP contribution in [-0.2, 0) is 6.42 Å². The monoisotopic (exact) mass is 1220 g/mol. The standard InChI is InChI=1S/C24H18F2N2O3.2C21H16F2N2O4/c1-2-13-12-27-21-8-7-14(9-18(13)21)15-10-19(25)22(20(26)11-15)28-23(29)16-5-3-4-6-17(16)24(30)31;1-2-29-14-6-3-5-12(9-14)13-10-16(22)19(17(23)11-13)25-20(26)18-15(21(27)28)7-4-8-24-18;1-2-29-14-5-3-4-12(8-14)13-9-17(22)19(18(23)10-13)25-20(26)15-6-7-24-11-16(15)21(27)28/h3-12,27H,2H2,1H3,(H,28,29)(H,30,31);2*3-11H,2H2,1H3,(H,25,26)(H,27,28). The third kappa shape index (κ3) is 15.1. The molecule has 89 heavy (non-hydrogen) atoms. The van der Waals surface area contributed by atoms with Crippen LogP contribution in [0.4, 0.5) is 43.4 Å². The van der Waals surface area contributed by atoms with Crippen LogP contribution in [0.15, 0.2) is 170 Å². The molecule has 0 aliphatic carbocycles. The summed E-state index contributed by atoms with van der Waals surface area (Å²) in [4.78, 5) is 81.4. The molecule has 7 N–H and O–H groups in total. The van der Waals surface area contributed by atoms with E-state index in [0.29, 0.717) is 47.0 Å². The van der Waals surface area contributed by atoms with E-state index in [4.69, 9.17) is 19.7 Å². The van der Waals surface area contributed by atoms with Crippen LogP contribution in [0, 0.1) is 34.9 Å². The average Bonchev–Trinajstić information content (AvgIpc) is 2.16. The maximum Gasteiger partial charge on any atom is 0.338 e. The molecule has 452 valence electrons. The number of carbonyl (C=O) groups is 6. The van der Waals surface area contributed by atoms with Gasteiger partial charge in [0, 0.05) is 35.7 Å². The molecule has 17 nitrogen and oxygen atoms in total. The van der Waals surface area contributed by atoms with Gasteiger partial charge in [-0.15, -0.1) is 0 Å². The molecule has 10 aromatic rings. The van der Waals surface area contributed by atoms with Crippen LogP contribution in [0.3, 0.4) is 0 Å². The number of aromatic nitrogens is 3. The van der Waals surface area contributed by atoms with E-state index in [1.807, 2.05) is 39.1 Å². The van der Waals surface area contributed by atoms with Gasteiger partial charge in [0.2, 0.25) is 0 Å². The molecule has 0 spiro atoms. The van der Waals surface area contributed by atoms with Crippen molar-refractivity contribution in [3.05, 3.63) is 244 Å². The van der Waals surface area contributed by atoms with E-state index in [0.717, 1.165) is 71.5 Å². The summed E-state index contributed by atoms with van der Waals surface area (Å²) < 4.78 is 98.5. The number of carboxylic acids is 3. The Labute approximate surface area is 502 Å². The molecular weight excluding hydrogens is 1170 g/mol. The number of carbonyl (C=O) groups excluding carboxylic acids is 3. The van der Waals surface area contributed by atoms with Crippen LogP contribution in [-0.4, -0.2) is 79.1 Å². The van der Waals surface area contributed by atoms with E-state index in [1.54, 1.807) is 54.6 Å². The zero-order valence-electron chi connectivity index (χ0n) is 47.1. The highest BCUT2D eigenvalue weighted by molar-refractivity contribution is 6.12.